The molecule has 0 unspecified atom stereocenters. The second-order valence-corrected chi connectivity index (χ2v) is 4.53. The molecule has 0 saturated heterocycles. The number of hydrogen-bond acceptors (Lipinski definition) is 3. The van der Waals surface area contributed by atoms with Crippen molar-refractivity contribution >= 4 is 23.5 Å². The Morgan fingerprint density at radius 2 is 1.80 bits per heavy atom. The van der Waals surface area contributed by atoms with Gasteiger partial charge in [0.2, 0.25) is 5.91 Å². The minimum Gasteiger partial charge on any atom is -0.457 e. The molecule has 2 rings (SSSR count). The average Bonchev–Trinajstić information content (AvgIpc) is 2.46. The fourth-order valence-electron chi connectivity index (χ4n) is 1.64. The van der Waals surface area contributed by atoms with E-state index in [0.717, 1.165) is 5.56 Å². The van der Waals surface area contributed by atoms with Crippen LogP contribution in [0.1, 0.15) is 26.3 Å². The summed E-state index contributed by atoms with van der Waals surface area (Å²) in [7, 11) is 0. The lowest BCUT2D eigenvalue weighted by Gasteiger charge is -2.07. The van der Waals surface area contributed by atoms with Crippen molar-refractivity contribution in [3.05, 3.63) is 70.2 Å². The molecule has 2 aromatic rings. The van der Waals surface area contributed by atoms with E-state index in [1.165, 1.54) is 18.2 Å². The molecular weight excluding hydrogens is 278 g/mol. The summed E-state index contributed by atoms with van der Waals surface area (Å²) < 4.78 is 5.15. The van der Waals surface area contributed by atoms with Gasteiger partial charge in [-0.05, 0) is 23.8 Å². The Hall–Kier alpha value is -2.33. The van der Waals surface area contributed by atoms with Gasteiger partial charge in [0, 0.05) is 5.56 Å². The van der Waals surface area contributed by atoms with Crippen molar-refractivity contribution in [2.45, 2.75) is 6.61 Å². The van der Waals surface area contributed by atoms with Gasteiger partial charge >= 0.3 is 5.97 Å². The van der Waals surface area contributed by atoms with E-state index in [-0.39, 0.29) is 22.8 Å². The van der Waals surface area contributed by atoms with E-state index in [2.05, 4.69) is 0 Å². The van der Waals surface area contributed by atoms with Crippen LogP contribution >= 0.6 is 11.6 Å². The number of nitrogens with two attached hydrogens (primary N) is 1. The van der Waals surface area contributed by atoms with Crippen LogP contribution in [-0.4, -0.2) is 11.9 Å². The van der Waals surface area contributed by atoms with Crippen LogP contribution in [0.25, 0.3) is 0 Å². The highest BCUT2D eigenvalue weighted by atomic mass is 35.5. The predicted octanol–water partition coefficient (Wildman–Crippen LogP) is 2.80. The summed E-state index contributed by atoms with van der Waals surface area (Å²) in [6.07, 6.45) is 0. The quantitative estimate of drug-likeness (QED) is 0.880. The Bertz CT molecular complexity index is 641. The normalized spacial score (nSPS) is 10.1. The molecule has 20 heavy (non-hydrogen) atoms. The summed E-state index contributed by atoms with van der Waals surface area (Å²) in [6, 6.07) is 13.5. The van der Waals surface area contributed by atoms with Crippen molar-refractivity contribution in [3.8, 4) is 0 Å². The van der Waals surface area contributed by atoms with Crippen LogP contribution in [0, 0.1) is 0 Å². The van der Waals surface area contributed by atoms with E-state index in [1.54, 1.807) is 0 Å². The molecule has 5 heteroatoms. The molecule has 0 heterocycles. The highest BCUT2D eigenvalue weighted by Gasteiger charge is 2.14. The fraction of sp³-hybridized carbons (Fsp3) is 0.0667. The zero-order valence-corrected chi connectivity index (χ0v) is 11.3. The molecule has 2 N–H and O–H groups in total. The minimum absolute atomic E-state index is 0.124. The summed E-state index contributed by atoms with van der Waals surface area (Å²) >= 11 is 5.92. The summed E-state index contributed by atoms with van der Waals surface area (Å²) in [5.74, 6) is -1.22. The monoisotopic (exact) mass is 289 g/mol. The molecule has 0 fully saturated rings. The molecule has 4 nitrogen and oxygen atoms in total. The smallest absolute Gasteiger partial charge is 0.340 e. The second kappa shape index (κ2) is 6.21. The van der Waals surface area contributed by atoms with Crippen LogP contribution in [0.4, 0.5) is 0 Å². The lowest BCUT2D eigenvalue weighted by molar-refractivity contribution is 0.0473. The van der Waals surface area contributed by atoms with Gasteiger partial charge in [-0.2, -0.15) is 0 Å². The number of carbonyl (C=O) groups is 2. The van der Waals surface area contributed by atoms with E-state index < -0.39 is 11.9 Å². The third kappa shape index (κ3) is 3.36. The lowest BCUT2D eigenvalue weighted by atomic mass is 10.1. The van der Waals surface area contributed by atoms with Crippen LogP contribution < -0.4 is 5.73 Å². The van der Waals surface area contributed by atoms with Crippen molar-refractivity contribution in [2.75, 3.05) is 0 Å². The van der Waals surface area contributed by atoms with Crippen LogP contribution in [0.2, 0.25) is 5.02 Å². The topological polar surface area (TPSA) is 69.4 Å². The molecule has 0 atom stereocenters. The van der Waals surface area contributed by atoms with Gasteiger partial charge in [0.15, 0.2) is 0 Å². The first kappa shape index (κ1) is 14.1. The lowest BCUT2D eigenvalue weighted by Crippen LogP contribution is -2.13. The third-order valence-electron chi connectivity index (χ3n) is 2.68. The predicted molar refractivity (Wildman–Crippen MR) is 75.5 cm³/mol. The molecule has 0 aliphatic carbocycles. The van der Waals surface area contributed by atoms with Crippen molar-refractivity contribution in [2.24, 2.45) is 5.73 Å². The van der Waals surface area contributed by atoms with Crippen molar-refractivity contribution in [3.63, 3.8) is 0 Å². The molecule has 2 aromatic carbocycles. The highest BCUT2D eigenvalue weighted by Crippen LogP contribution is 2.19. The molecule has 0 aliphatic rings. The molecular formula is C15H12ClNO3. The van der Waals surface area contributed by atoms with Crippen molar-refractivity contribution in [1.29, 1.82) is 0 Å². The summed E-state index contributed by atoms with van der Waals surface area (Å²) in [5.41, 5.74) is 6.36. The van der Waals surface area contributed by atoms with Gasteiger partial charge < -0.3 is 10.5 Å². The largest absolute Gasteiger partial charge is 0.457 e. The number of halogens is 1. The maximum absolute atomic E-state index is 12.0. The number of rotatable bonds is 4. The first-order chi connectivity index (χ1) is 9.58. The number of hydrogen-bond donors (Lipinski definition) is 1. The molecule has 0 radical (unpaired) electrons. The van der Waals surface area contributed by atoms with E-state index in [9.17, 15) is 9.59 Å². The maximum Gasteiger partial charge on any atom is 0.340 e. The standard InChI is InChI=1S/C15H12ClNO3/c16-13-7-6-11(14(17)18)8-12(13)15(19)20-9-10-4-2-1-3-5-10/h1-8H,9H2,(H2,17,18). The van der Waals surface area contributed by atoms with Crippen molar-refractivity contribution < 1.29 is 14.3 Å². The molecule has 102 valence electrons. The zero-order valence-electron chi connectivity index (χ0n) is 10.5. The van der Waals surface area contributed by atoms with Gasteiger partial charge in [0.25, 0.3) is 0 Å². The first-order valence-corrected chi connectivity index (χ1v) is 6.26. The number of esters is 1. The Morgan fingerprint density at radius 3 is 2.45 bits per heavy atom. The van der Waals surface area contributed by atoms with Gasteiger partial charge in [-0.25, -0.2) is 4.79 Å². The van der Waals surface area contributed by atoms with E-state index in [0.29, 0.717) is 0 Å². The van der Waals surface area contributed by atoms with E-state index in [4.69, 9.17) is 22.1 Å². The summed E-state index contributed by atoms with van der Waals surface area (Å²) in [5, 5.41) is 0.216. The summed E-state index contributed by atoms with van der Waals surface area (Å²) in [4.78, 5) is 23.0. The van der Waals surface area contributed by atoms with Crippen LogP contribution in [-0.2, 0) is 11.3 Å². The van der Waals surface area contributed by atoms with Crippen LogP contribution in [0.3, 0.4) is 0 Å². The molecule has 0 spiro atoms. The Morgan fingerprint density at radius 1 is 1.10 bits per heavy atom. The Labute approximate surface area is 121 Å². The highest BCUT2D eigenvalue weighted by molar-refractivity contribution is 6.33. The molecule has 0 bridgehead atoms. The van der Waals surface area contributed by atoms with E-state index in [1.807, 2.05) is 30.3 Å². The molecule has 0 saturated carbocycles. The summed E-state index contributed by atoms with van der Waals surface area (Å²) in [6.45, 7) is 0.136. The minimum atomic E-state index is -0.626. The first-order valence-electron chi connectivity index (χ1n) is 5.88. The number of amides is 1. The van der Waals surface area contributed by atoms with Crippen LogP contribution in [0.15, 0.2) is 48.5 Å². The molecule has 0 aliphatic heterocycles. The second-order valence-electron chi connectivity index (χ2n) is 4.12. The maximum atomic E-state index is 12.0. The number of primary amides is 1. The number of benzene rings is 2. The van der Waals surface area contributed by atoms with Gasteiger partial charge in [0.1, 0.15) is 6.61 Å². The number of ether oxygens (including phenoxy) is 1. The molecule has 1 amide bonds. The average molecular weight is 290 g/mol. The SMILES string of the molecule is NC(=O)c1ccc(Cl)c(C(=O)OCc2ccccc2)c1. The van der Waals surface area contributed by atoms with Crippen molar-refractivity contribution in [1.82, 2.24) is 0 Å². The van der Waals surface area contributed by atoms with E-state index >= 15 is 0 Å². The fourth-order valence-corrected chi connectivity index (χ4v) is 1.83. The van der Waals surface area contributed by atoms with Crippen LogP contribution in [0.5, 0.6) is 0 Å². The van der Waals surface area contributed by atoms with Gasteiger partial charge in [-0.15, -0.1) is 0 Å². The van der Waals surface area contributed by atoms with Gasteiger partial charge in [-0.1, -0.05) is 41.9 Å². The zero-order chi connectivity index (χ0) is 14.5. The Kier molecular flexibility index (Phi) is 4.38. The number of carbonyl (C=O) groups excluding carboxylic acids is 2. The van der Waals surface area contributed by atoms with Gasteiger partial charge in [0.05, 0.1) is 10.6 Å². The molecule has 0 aromatic heterocycles. The van der Waals surface area contributed by atoms with Gasteiger partial charge in [-0.3, -0.25) is 4.79 Å². The third-order valence-corrected chi connectivity index (χ3v) is 3.01. The Balaban J connectivity index is 2.13.